The van der Waals surface area contributed by atoms with Crippen LogP contribution in [0.15, 0.2) is 12.3 Å². The van der Waals surface area contributed by atoms with Gasteiger partial charge in [0.25, 0.3) is 0 Å². The minimum atomic E-state index is -0.874. The van der Waals surface area contributed by atoms with Crippen LogP contribution in [0.4, 0.5) is 0 Å². The van der Waals surface area contributed by atoms with Crippen molar-refractivity contribution in [1.29, 1.82) is 0 Å². The lowest BCUT2D eigenvalue weighted by atomic mass is 9.75. The second kappa shape index (κ2) is 6.47. The van der Waals surface area contributed by atoms with E-state index in [1.807, 2.05) is 18.9 Å². The zero-order valence-corrected chi connectivity index (χ0v) is 12.2. The van der Waals surface area contributed by atoms with Gasteiger partial charge in [-0.2, -0.15) is 0 Å². The molecule has 1 N–H and O–H groups in total. The topological polar surface area (TPSA) is 61.9 Å². The number of carbonyl (C=O) groups excluding carboxylic acids is 2. The highest BCUT2D eigenvalue weighted by atomic mass is 16.5. The minimum Gasteiger partial charge on any atom is -0.379 e. The molecule has 0 unspecified atom stereocenters. The van der Waals surface area contributed by atoms with Gasteiger partial charge in [-0.3, -0.25) is 9.59 Å². The summed E-state index contributed by atoms with van der Waals surface area (Å²) in [6.45, 7) is 7.18. The normalized spacial score (nSPS) is 23.4. The van der Waals surface area contributed by atoms with Crippen LogP contribution in [0.1, 0.15) is 26.7 Å². The first kappa shape index (κ1) is 15.2. The van der Waals surface area contributed by atoms with Gasteiger partial charge in [-0.15, -0.1) is 0 Å². The third-order valence-electron chi connectivity index (χ3n) is 4.23. The number of amides is 1. The Labute approximate surface area is 119 Å². The number of rotatable bonds is 5. The number of morpholine rings is 1. The molecule has 2 aliphatic heterocycles. The third kappa shape index (κ3) is 2.77. The van der Waals surface area contributed by atoms with Crippen molar-refractivity contribution >= 4 is 11.7 Å². The van der Waals surface area contributed by atoms with Gasteiger partial charge in [-0.25, -0.2) is 10.4 Å². The van der Waals surface area contributed by atoms with Gasteiger partial charge in [0.1, 0.15) is 5.41 Å². The zero-order valence-electron chi connectivity index (χ0n) is 12.2. The van der Waals surface area contributed by atoms with Gasteiger partial charge in [0.05, 0.1) is 19.9 Å². The summed E-state index contributed by atoms with van der Waals surface area (Å²) in [7, 11) is 0. The van der Waals surface area contributed by atoms with E-state index in [-0.39, 0.29) is 11.7 Å². The number of ketones is 1. The van der Waals surface area contributed by atoms with Crippen molar-refractivity contribution in [3.63, 3.8) is 0 Å². The van der Waals surface area contributed by atoms with Gasteiger partial charge in [0.15, 0.2) is 5.78 Å². The number of hydrazine groups is 1. The Hall–Kier alpha value is -1.24. The largest absolute Gasteiger partial charge is 0.379 e. The Morgan fingerprint density at radius 2 is 1.90 bits per heavy atom. The number of carbonyl (C=O) groups is 2. The molecule has 6 nitrogen and oxygen atoms in total. The van der Waals surface area contributed by atoms with Crippen molar-refractivity contribution in [2.24, 2.45) is 5.41 Å². The predicted octanol–water partition coefficient (Wildman–Crippen LogP) is 0.512. The van der Waals surface area contributed by atoms with E-state index in [9.17, 15) is 9.59 Å². The number of nitrogens with one attached hydrogen (secondary N) is 1. The lowest BCUT2D eigenvalue weighted by Crippen LogP contribution is -2.54. The molecule has 0 aromatic rings. The predicted molar refractivity (Wildman–Crippen MR) is 74.4 cm³/mol. The van der Waals surface area contributed by atoms with E-state index in [2.05, 4.69) is 5.43 Å². The minimum absolute atomic E-state index is 0.0740. The second-order valence-corrected chi connectivity index (χ2v) is 5.16. The SMILES string of the molecule is CCC1(CC)C(=O)C=CN(CNN2CCOCC2)C1=O. The maximum absolute atomic E-state index is 12.6. The fourth-order valence-corrected chi connectivity index (χ4v) is 2.69. The standard InChI is InChI=1S/C14H23N3O3/c1-3-14(4-2)12(18)5-6-16(13(14)19)11-15-17-7-9-20-10-8-17/h5-6,15H,3-4,7-11H2,1-2H3. The van der Waals surface area contributed by atoms with Crippen LogP contribution in [0.3, 0.4) is 0 Å². The lowest BCUT2D eigenvalue weighted by molar-refractivity contribution is -0.148. The first-order valence-electron chi connectivity index (χ1n) is 7.24. The highest BCUT2D eigenvalue weighted by Gasteiger charge is 2.45. The average Bonchev–Trinajstić information content (AvgIpc) is 2.49. The van der Waals surface area contributed by atoms with E-state index in [0.717, 1.165) is 13.1 Å². The summed E-state index contributed by atoms with van der Waals surface area (Å²) in [5.74, 6) is -0.175. The fraction of sp³-hybridized carbons (Fsp3) is 0.714. The van der Waals surface area contributed by atoms with Crippen LogP contribution in [0.25, 0.3) is 0 Å². The van der Waals surface area contributed by atoms with E-state index in [4.69, 9.17) is 4.74 Å². The van der Waals surface area contributed by atoms with Crippen LogP contribution in [0.5, 0.6) is 0 Å². The molecule has 1 fully saturated rings. The molecule has 0 aromatic heterocycles. The Morgan fingerprint density at radius 3 is 2.50 bits per heavy atom. The molecular weight excluding hydrogens is 258 g/mol. The molecule has 0 saturated carbocycles. The van der Waals surface area contributed by atoms with Gasteiger partial charge in [0.2, 0.25) is 5.91 Å². The Morgan fingerprint density at radius 1 is 1.25 bits per heavy atom. The molecule has 112 valence electrons. The van der Waals surface area contributed by atoms with Crippen molar-refractivity contribution in [3.8, 4) is 0 Å². The van der Waals surface area contributed by atoms with Crippen LogP contribution < -0.4 is 5.43 Å². The maximum Gasteiger partial charge on any atom is 0.241 e. The summed E-state index contributed by atoms with van der Waals surface area (Å²) in [5, 5.41) is 2.04. The Kier molecular flexibility index (Phi) is 4.91. The number of allylic oxidation sites excluding steroid dienone is 1. The molecule has 0 aromatic carbocycles. The molecule has 0 radical (unpaired) electrons. The lowest BCUT2D eigenvalue weighted by Gasteiger charge is -2.37. The maximum atomic E-state index is 12.6. The monoisotopic (exact) mass is 281 g/mol. The number of nitrogens with zero attached hydrogens (tertiary/aromatic N) is 2. The van der Waals surface area contributed by atoms with Gasteiger partial charge in [-0.1, -0.05) is 13.8 Å². The molecule has 1 saturated heterocycles. The molecular formula is C14H23N3O3. The molecule has 0 bridgehead atoms. The number of ether oxygens (including phenoxy) is 1. The zero-order chi connectivity index (χ0) is 14.6. The smallest absolute Gasteiger partial charge is 0.241 e. The Balaban J connectivity index is 1.99. The van der Waals surface area contributed by atoms with Crippen LogP contribution >= 0.6 is 0 Å². The molecule has 2 rings (SSSR count). The van der Waals surface area contributed by atoms with Crippen LogP contribution in [-0.2, 0) is 14.3 Å². The highest BCUT2D eigenvalue weighted by Crippen LogP contribution is 2.33. The van der Waals surface area contributed by atoms with Gasteiger partial charge < -0.3 is 9.64 Å². The average molecular weight is 281 g/mol. The van der Waals surface area contributed by atoms with E-state index in [0.29, 0.717) is 32.7 Å². The van der Waals surface area contributed by atoms with Crippen molar-refractivity contribution in [1.82, 2.24) is 15.3 Å². The van der Waals surface area contributed by atoms with Crippen LogP contribution in [-0.4, -0.2) is 54.6 Å². The molecule has 20 heavy (non-hydrogen) atoms. The summed E-state index contributed by atoms with van der Waals surface area (Å²) >= 11 is 0. The van der Waals surface area contributed by atoms with Crippen molar-refractivity contribution in [2.75, 3.05) is 33.0 Å². The quantitative estimate of drug-likeness (QED) is 0.744. The van der Waals surface area contributed by atoms with E-state index < -0.39 is 5.41 Å². The van der Waals surface area contributed by atoms with E-state index in [1.54, 1.807) is 11.1 Å². The van der Waals surface area contributed by atoms with Gasteiger partial charge >= 0.3 is 0 Å². The summed E-state index contributed by atoms with van der Waals surface area (Å²) in [6.07, 6.45) is 4.19. The summed E-state index contributed by atoms with van der Waals surface area (Å²) in [4.78, 5) is 26.2. The van der Waals surface area contributed by atoms with E-state index >= 15 is 0 Å². The molecule has 2 aliphatic rings. The first-order valence-corrected chi connectivity index (χ1v) is 7.24. The first-order chi connectivity index (χ1) is 9.64. The molecule has 6 heteroatoms. The molecule has 0 spiro atoms. The summed E-state index contributed by atoms with van der Waals surface area (Å²) in [6, 6.07) is 0. The molecule has 2 heterocycles. The van der Waals surface area contributed by atoms with Crippen molar-refractivity contribution in [3.05, 3.63) is 12.3 Å². The fourth-order valence-electron chi connectivity index (χ4n) is 2.69. The van der Waals surface area contributed by atoms with Crippen molar-refractivity contribution in [2.45, 2.75) is 26.7 Å². The third-order valence-corrected chi connectivity index (χ3v) is 4.23. The van der Waals surface area contributed by atoms with Crippen LogP contribution in [0, 0.1) is 5.41 Å². The van der Waals surface area contributed by atoms with E-state index in [1.165, 1.54) is 6.08 Å². The second-order valence-electron chi connectivity index (χ2n) is 5.16. The molecule has 1 amide bonds. The Bertz CT molecular complexity index is 398. The molecule has 0 atom stereocenters. The number of hydrogen-bond acceptors (Lipinski definition) is 5. The molecule has 0 aliphatic carbocycles. The number of hydrogen-bond donors (Lipinski definition) is 1. The van der Waals surface area contributed by atoms with Crippen molar-refractivity contribution < 1.29 is 14.3 Å². The summed E-state index contributed by atoms with van der Waals surface area (Å²) < 4.78 is 5.27. The highest BCUT2D eigenvalue weighted by molar-refractivity contribution is 6.13. The summed E-state index contributed by atoms with van der Waals surface area (Å²) in [5.41, 5.74) is 2.34. The van der Waals surface area contributed by atoms with Gasteiger partial charge in [-0.05, 0) is 18.9 Å². The van der Waals surface area contributed by atoms with Gasteiger partial charge in [0, 0.05) is 19.3 Å². The van der Waals surface area contributed by atoms with Crippen LogP contribution in [0.2, 0.25) is 0 Å².